The summed E-state index contributed by atoms with van der Waals surface area (Å²) in [5.74, 6) is -3.32. The maximum absolute atomic E-state index is 13.0. The number of alkyl halides is 2. The summed E-state index contributed by atoms with van der Waals surface area (Å²) in [4.78, 5) is 11.8. The first-order valence-electron chi connectivity index (χ1n) is 6.60. The second kappa shape index (κ2) is 6.17. The first kappa shape index (κ1) is 16.6. The molecule has 0 aromatic heterocycles. The molecule has 1 aliphatic rings. The predicted molar refractivity (Wildman–Crippen MR) is 78.1 cm³/mol. The summed E-state index contributed by atoms with van der Waals surface area (Å²) in [6.07, 6.45) is 0.543. The van der Waals surface area contributed by atoms with Crippen LogP contribution in [0.2, 0.25) is 0 Å². The van der Waals surface area contributed by atoms with E-state index < -0.39 is 40.9 Å². The number of carbonyl (C=O) groups excluding carboxylic acids is 1. The van der Waals surface area contributed by atoms with Crippen LogP contribution in [0.3, 0.4) is 0 Å². The summed E-state index contributed by atoms with van der Waals surface area (Å²) in [5.41, 5.74) is 1.15. The van der Waals surface area contributed by atoms with Gasteiger partial charge in [-0.15, -0.1) is 0 Å². The van der Waals surface area contributed by atoms with Gasteiger partial charge in [-0.1, -0.05) is 12.1 Å². The summed E-state index contributed by atoms with van der Waals surface area (Å²) in [7, 11) is -3.34. The Balaban J connectivity index is 1.86. The second-order valence-corrected chi connectivity index (χ2v) is 7.03. The van der Waals surface area contributed by atoms with Gasteiger partial charge in [-0.2, -0.15) is 0 Å². The van der Waals surface area contributed by atoms with Gasteiger partial charge in [0.05, 0.1) is 18.8 Å². The summed E-state index contributed by atoms with van der Waals surface area (Å²) in [6, 6.07) is 5.52. The van der Waals surface area contributed by atoms with Gasteiger partial charge >= 0.3 is 0 Å². The minimum atomic E-state index is -3.34. The Bertz CT molecular complexity index is 647. The van der Waals surface area contributed by atoms with E-state index in [0.717, 1.165) is 11.8 Å². The number of benzene rings is 1. The van der Waals surface area contributed by atoms with Crippen LogP contribution in [0.15, 0.2) is 24.3 Å². The lowest BCUT2D eigenvalue weighted by Gasteiger charge is -2.11. The SMILES string of the molecule is CS(=O)(=O)Nc1ccc(CNC(=O)C2CC(F)(F)CN2)cc1. The number of amides is 1. The molecule has 1 aromatic rings. The van der Waals surface area contributed by atoms with Crippen LogP contribution in [0.1, 0.15) is 12.0 Å². The summed E-state index contributed by atoms with van der Waals surface area (Å²) < 4.78 is 50.4. The zero-order valence-corrected chi connectivity index (χ0v) is 12.7. The van der Waals surface area contributed by atoms with E-state index in [0.29, 0.717) is 5.69 Å². The molecule has 1 amide bonds. The van der Waals surface area contributed by atoms with Gasteiger partial charge in [-0.3, -0.25) is 14.8 Å². The highest BCUT2D eigenvalue weighted by atomic mass is 32.2. The fourth-order valence-corrected chi connectivity index (χ4v) is 2.68. The number of hydrogen-bond donors (Lipinski definition) is 3. The molecule has 1 aromatic carbocycles. The summed E-state index contributed by atoms with van der Waals surface area (Å²) in [6.45, 7) is -0.307. The molecule has 1 unspecified atom stereocenters. The molecule has 0 spiro atoms. The third-order valence-corrected chi connectivity index (χ3v) is 3.76. The fourth-order valence-electron chi connectivity index (χ4n) is 2.12. The maximum Gasteiger partial charge on any atom is 0.262 e. The van der Waals surface area contributed by atoms with Crippen LogP contribution in [-0.4, -0.2) is 39.1 Å². The first-order valence-corrected chi connectivity index (χ1v) is 8.49. The van der Waals surface area contributed by atoms with Gasteiger partial charge in [0.25, 0.3) is 5.92 Å². The number of sulfonamides is 1. The molecule has 2 rings (SSSR count). The quantitative estimate of drug-likeness (QED) is 0.739. The molecule has 1 atom stereocenters. The van der Waals surface area contributed by atoms with E-state index in [-0.39, 0.29) is 6.54 Å². The number of anilines is 1. The van der Waals surface area contributed by atoms with Gasteiger partial charge < -0.3 is 5.32 Å². The van der Waals surface area contributed by atoms with Crippen LogP contribution in [0.4, 0.5) is 14.5 Å². The second-order valence-electron chi connectivity index (χ2n) is 5.28. The lowest BCUT2D eigenvalue weighted by Crippen LogP contribution is -2.40. The highest BCUT2D eigenvalue weighted by Crippen LogP contribution is 2.25. The Morgan fingerprint density at radius 1 is 1.36 bits per heavy atom. The highest BCUT2D eigenvalue weighted by Gasteiger charge is 2.42. The third kappa shape index (κ3) is 4.92. The Labute approximate surface area is 127 Å². The largest absolute Gasteiger partial charge is 0.351 e. The number of rotatable bonds is 5. The minimum absolute atomic E-state index is 0.182. The van der Waals surface area contributed by atoms with Crippen molar-refractivity contribution in [3.8, 4) is 0 Å². The van der Waals surface area contributed by atoms with Gasteiger partial charge in [-0.25, -0.2) is 17.2 Å². The van der Waals surface area contributed by atoms with Crippen molar-refractivity contribution < 1.29 is 22.0 Å². The summed E-state index contributed by atoms with van der Waals surface area (Å²) >= 11 is 0. The van der Waals surface area contributed by atoms with Crippen LogP contribution in [0, 0.1) is 0 Å². The van der Waals surface area contributed by atoms with Crippen molar-refractivity contribution in [3.05, 3.63) is 29.8 Å². The maximum atomic E-state index is 13.0. The van der Waals surface area contributed by atoms with Crippen molar-refractivity contribution in [1.29, 1.82) is 0 Å². The molecule has 6 nitrogen and oxygen atoms in total. The normalized spacial score (nSPS) is 20.6. The van der Waals surface area contributed by atoms with Crippen LogP contribution >= 0.6 is 0 Å². The topological polar surface area (TPSA) is 87.3 Å². The molecule has 1 aliphatic heterocycles. The molecule has 1 fully saturated rings. The van der Waals surface area contributed by atoms with Crippen molar-refractivity contribution in [3.63, 3.8) is 0 Å². The lowest BCUT2D eigenvalue weighted by atomic mass is 10.1. The van der Waals surface area contributed by atoms with E-state index in [1.807, 2.05) is 0 Å². The van der Waals surface area contributed by atoms with Crippen LogP contribution in [-0.2, 0) is 21.4 Å². The summed E-state index contributed by atoms with van der Waals surface area (Å²) in [5, 5.41) is 5.05. The van der Waals surface area contributed by atoms with Crippen molar-refractivity contribution >= 4 is 21.6 Å². The average molecular weight is 333 g/mol. The molecule has 9 heteroatoms. The molecule has 0 saturated carbocycles. The van der Waals surface area contributed by atoms with Crippen LogP contribution < -0.4 is 15.4 Å². The van der Waals surface area contributed by atoms with E-state index in [1.165, 1.54) is 0 Å². The van der Waals surface area contributed by atoms with E-state index in [2.05, 4.69) is 15.4 Å². The molecule has 122 valence electrons. The van der Waals surface area contributed by atoms with Crippen molar-refractivity contribution in [1.82, 2.24) is 10.6 Å². The smallest absolute Gasteiger partial charge is 0.262 e. The minimum Gasteiger partial charge on any atom is -0.351 e. The van der Waals surface area contributed by atoms with E-state index >= 15 is 0 Å². The van der Waals surface area contributed by atoms with E-state index in [9.17, 15) is 22.0 Å². The lowest BCUT2D eigenvalue weighted by molar-refractivity contribution is -0.123. The molecular weight excluding hydrogens is 316 g/mol. The highest BCUT2D eigenvalue weighted by molar-refractivity contribution is 7.92. The Morgan fingerprint density at radius 3 is 2.50 bits per heavy atom. The molecular formula is C13H17F2N3O3S. The molecule has 0 radical (unpaired) electrons. The molecule has 3 N–H and O–H groups in total. The molecule has 1 saturated heterocycles. The number of halogens is 2. The van der Waals surface area contributed by atoms with E-state index in [1.54, 1.807) is 24.3 Å². The molecule has 0 aliphatic carbocycles. The van der Waals surface area contributed by atoms with Crippen LogP contribution in [0.25, 0.3) is 0 Å². The number of hydrogen-bond acceptors (Lipinski definition) is 4. The van der Waals surface area contributed by atoms with E-state index in [4.69, 9.17) is 0 Å². The van der Waals surface area contributed by atoms with Gasteiger partial charge in [0.2, 0.25) is 15.9 Å². The molecule has 22 heavy (non-hydrogen) atoms. The van der Waals surface area contributed by atoms with Gasteiger partial charge in [0.15, 0.2) is 0 Å². The monoisotopic (exact) mass is 333 g/mol. The zero-order chi connectivity index (χ0) is 16.4. The standard InChI is InChI=1S/C13H17F2N3O3S/c1-22(20,21)18-10-4-2-9(3-5-10)7-16-12(19)11-6-13(14,15)8-17-11/h2-5,11,17-18H,6-8H2,1H3,(H,16,19). The Morgan fingerprint density at radius 2 is 2.00 bits per heavy atom. The van der Waals surface area contributed by atoms with Crippen molar-refractivity contribution in [2.24, 2.45) is 0 Å². The van der Waals surface area contributed by atoms with Crippen molar-refractivity contribution in [2.45, 2.75) is 24.9 Å². The number of carbonyl (C=O) groups is 1. The Hall–Kier alpha value is -1.74. The van der Waals surface area contributed by atoms with Crippen LogP contribution in [0.5, 0.6) is 0 Å². The van der Waals surface area contributed by atoms with Gasteiger partial charge in [0, 0.05) is 18.7 Å². The number of nitrogens with one attached hydrogen (secondary N) is 3. The van der Waals surface area contributed by atoms with Gasteiger partial charge in [0.1, 0.15) is 0 Å². The Kier molecular flexibility index (Phi) is 4.66. The van der Waals surface area contributed by atoms with Crippen molar-refractivity contribution in [2.75, 3.05) is 17.5 Å². The van der Waals surface area contributed by atoms with Gasteiger partial charge in [-0.05, 0) is 17.7 Å². The molecule has 1 heterocycles. The fraction of sp³-hybridized carbons (Fsp3) is 0.462. The average Bonchev–Trinajstić information content (AvgIpc) is 2.76. The zero-order valence-electron chi connectivity index (χ0n) is 11.9. The third-order valence-electron chi connectivity index (χ3n) is 3.15. The molecule has 0 bridgehead atoms. The first-order chi connectivity index (χ1) is 10.1. The predicted octanol–water partition coefficient (Wildman–Crippen LogP) is 0.671.